The van der Waals surface area contributed by atoms with E-state index in [1.165, 1.54) is 0 Å². The van der Waals surface area contributed by atoms with Crippen molar-refractivity contribution in [3.63, 3.8) is 0 Å². The molecule has 7 heteroatoms. The molecule has 1 aliphatic rings. The maximum atomic E-state index is 13.5. The second kappa shape index (κ2) is 5.83. The summed E-state index contributed by atoms with van der Waals surface area (Å²) in [6, 6.07) is 1.93. The predicted molar refractivity (Wildman–Crippen MR) is 68.1 cm³/mol. The van der Waals surface area contributed by atoms with E-state index in [4.69, 9.17) is 9.84 Å². The quantitative estimate of drug-likeness (QED) is 0.888. The summed E-state index contributed by atoms with van der Waals surface area (Å²) in [5.41, 5.74) is 0.142. The number of rotatable bonds is 4. The minimum Gasteiger partial charge on any atom is -0.479 e. The van der Waals surface area contributed by atoms with Crippen molar-refractivity contribution in [1.82, 2.24) is 0 Å². The molecule has 1 heterocycles. The van der Waals surface area contributed by atoms with Gasteiger partial charge in [-0.15, -0.1) is 0 Å². The third-order valence-corrected chi connectivity index (χ3v) is 3.52. The summed E-state index contributed by atoms with van der Waals surface area (Å²) in [7, 11) is 0. The van der Waals surface area contributed by atoms with Crippen LogP contribution in [0.5, 0.6) is 0 Å². The SMILES string of the molecule is O=C(O)C1CCC(CNc2c(F)cc(F)cc2Br)O1. The van der Waals surface area contributed by atoms with Crippen molar-refractivity contribution in [3.05, 3.63) is 28.2 Å². The molecule has 0 aliphatic carbocycles. The number of anilines is 1. The van der Waals surface area contributed by atoms with E-state index in [9.17, 15) is 13.6 Å². The number of aliphatic carboxylic acids is 1. The molecule has 0 bridgehead atoms. The van der Waals surface area contributed by atoms with Crippen LogP contribution in [0.25, 0.3) is 0 Å². The second-order valence-corrected chi connectivity index (χ2v) is 5.14. The van der Waals surface area contributed by atoms with Crippen molar-refractivity contribution < 1.29 is 23.4 Å². The Hall–Kier alpha value is -1.21. The molecule has 1 fully saturated rings. The summed E-state index contributed by atoms with van der Waals surface area (Å²) in [6.07, 6.45) is -0.0650. The van der Waals surface area contributed by atoms with E-state index in [-0.39, 0.29) is 22.8 Å². The fraction of sp³-hybridized carbons (Fsp3) is 0.417. The van der Waals surface area contributed by atoms with E-state index in [0.29, 0.717) is 12.8 Å². The van der Waals surface area contributed by atoms with Crippen molar-refractivity contribution in [2.75, 3.05) is 11.9 Å². The van der Waals surface area contributed by atoms with Gasteiger partial charge in [-0.3, -0.25) is 0 Å². The first-order chi connectivity index (χ1) is 8.97. The fourth-order valence-corrected chi connectivity index (χ4v) is 2.51. The first-order valence-corrected chi connectivity index (χ1v) is 6.53. The van der Waals surface area contributed by atoms with Crippen molar-refractivity contribution in [2.45, 2.75) is 25.0 Å². The Morgan fingerprint density at radius 1 is 1.47 bits per heavy atom. The summed E-state index contributed by atoms with van der Waals surface area (Å²) in [5.74, 6) is -2.37. The summed E-state index contributed by atoms with van der Waals surface area (Å²) in [6.45, 7) is 0.269. The molecule has 0 aromatic heterocycles. The molecular formula is C12H12BrF2NO3. The average Bonchev–Trinajstić information content (AvgIpc) is 2.76. The van der Waals surface area contributed by atoms with Gasteiger partial charge in [-0.2, -0.15) is 0 Å². The zero-order valence-electron chi connectivity index (χ0n) is 9.83. The molecule has 1 aromatic carbocycles. The third kappa shape index (κ3) is 3.42. The van der Waals surface area contributed by atoms with E-state index in [0.717, 1.165) is 12.1 Å². The lowest BCUT2D eigenvalue weighted by Crippen LogP contribution is -2.24. The first kappa shape index (κ1) is 14.2. The van der Waals surface area contributed by atoms with Crippen LogP contribution in [-0.4, -0.2) is 29.8 Å². The lowest BCUT2D eigenvalue weighted by molar-refractivity contribution is -0.149. The van der Waals surface area contributed by atoms with Crippen LogP contribution in [0.15, 0.2) is 16.6 Å². The molecule has 2 atom stereocenters. The fourth-order valence-electron chi connectivity index (χ4n) is 1.96. The van der Waals surface area contributed by atoms with Crippen molar-refractivity contribution in [3.8, 4) is 0 Å². The van der Waals surface area contributed by atoms with Gasteiger partial charge in [0.05, 0.1) is 11.8 Å². The van der Waals surface area contributed by atoms with Crippen molar-refractivity contribution >= 4 is 27.6 Å². The number of benzene rings is 1. The molecule has 4 nitrogen and oxygen atoms in total. The molecule has 104 valence electrons. The average molecular weight is 336 g/mol. The topological polar surface area (TPSA) is 58.6 Å². The van der Waals surface area contributed by atoms with Gasteiger partial charge in [0.1, 0.15) is 11.6 Å². The first-order valence-electron chi connectivity index (χ1n) is 5.74. The smallest absolute Gasteiger partial charge is 0.332 e. The van der Waals surface area contributed by atoms with Crippen LogP contribution in [0.1, 0.15) is 12.8 Å². The van der Waals surface area contributed by atoms with Crippen LogP contribution in [0.4, 0.5) is 14.5 Å². The number of hydrogen-bond donors (Lipinski definition) is 2. The molecule has 0 spiro atoms. The molecular weight excluding hydrogens is 324 g/mol. The highest BCUT2D eigenvalue weighted by Gasteiger charge is 2.30. The Balaban J connectivity index is 1.95. The number of carboxylic acid groups (broad SMARTS) is 1. The molecule has 1 aromatic rings. The summed E-state index contributed by atoms with van der Waals surface area (Å²) in [5, 5.41) is 11.6. The highest BCUT2D eigenvalue weighted by atomic mass is 79.9. The van der Waals surface area contributed by atoms with Crippen molar-refractivity contribution in [1.29, 1.82) is 0 Å². The van der Waals surface area contributed by atoms with E-state index in [1.807, 2.05) is 0 Å². The third-order valence-electron chi connectivity index (χ3n) is 2.90. The number of carboxylic acids is 1. The van der Waals surface area contributed by atoms with Gasteiger partial charge < -0.3 is 15.2 Å². The number of carbonyl (C=O) groups is 1. The summed E-state index contributed by atoms with van der Waals surface area (Å²) >= 11 is 3.07. The van der Waals surface area contributed by atoms with Gasteiger partial charge in [0, 0.05) is 17.1 Å². The molecule has 2 rings (SSSR count). The van der Waals surface area contributed by atoms with Gasteiger partial charge in [-0.05, 0) is 34.8 Å². The highest BCUT2D eigenvalue weighted by molar-refractivity contribution is 9.10. The number of hydrogen-bond acceptors (Lipinski definition) is 3. The molecule has 2 unspecified atom stereocenters. The number of ether oxygens (including phenoxy) is 1. The van der Waals surface area contributed by atoms with Crippen LogP contribution in [0.3, 0.4) is 0 Å². The van der Waals surface area contributed by atoms with Gasteiger partial charge in [-0.1, -0.05) is 0 Å². The maximum absolute atomic E-state index is 13.5. The van der Waals surface area contributed by atoms with Gasteiger partial charge in [0.2, 0.25) is 0 Å². The van der Waals surface area contributed by atoms with Crippen LogP contribution in [0.2, 0.25) is 0 Å². The van der Waals surface area contributed by atoms with E-state index >= 15 is 0 Å². The number of halogens is 3. The molecule has 19 heavy (non-hydrogen) atoms. The Morgan fingerprint density at radius 3 is 2.79 bits per heavy atom. The predicted octanol–water partition coefficient (Wildman–Crippen LogP) is 2.77. The van der Waals surface area contributed by atoms with Crippen LogP contribution < -0.4 is 5.32 Å². The minimum atomic E-state index is -0.989. The minimum absolute atomic E-state index is 0.142. The standard InChI is InChI=1S/C12H12BrF2NO3/c13-8-3-6(14)4-9(15)11(8)16-5-7-1-2-10(19-7)12(17)18/h3-4,7,10,16H,1-2,5H2,(H,17,18). The largest absolute Gasteiger partial charge is 0.479 e. The summed E-state index contributed by atoms with van der Waals surface area (Å²) in [4.78, 5) is 10.7. The molecule has 0 saturated carbocycles. The molecule has 0 amide bonds. The van der Waals surface area contributed by atoms with Crippen molar-refractivity contribution in [2.24, 2.45) is 0 Å². The van der Waals surface area contributed by atoms with Crippen LogP contribution in [-0.2, 0) is 9.53 Å². The molecule has 0 radical (unpaired) electrons. The zero-order chi connectivity index (χ0) is 14.0. The second-order valence-electron chi connectivity index (χ2n) is 4.29. The van der Waals surface area contributed by atoms with Crippen LogP contribution >= 0.6 is 15.9 Å². The molecule has 1 saturated heterocycles. The maximum Gasteiger partial charge on any atom is 0.332 e. The zero-order valence-corrected chi connectivity index (χ0v) is 11.4. The Bertz CT molecular complexity index is 475. The van der Waals surface area contributed by atoms with E-state index in [2.05, 4.69) is 21.2 Å². The van der Waals surface area contributed by atoms with E-state index in [1.54, 1.807) is 0 Å². The monoisotopic (exact) mass is 335 g/mol. The van der Waals surface area contributed by atoms with Gasteiger partial charge in [-0.25, -0.2) is 13.6 Å². The summed E-state index contributed by atoms with van der Waals surface area (Å²) < 4.78 is 32.0. The van der Waals surface area contributed by atoms with Crippen LogP contribution in [0, 0.1) is 11.6 Å². The lowest BCUT2D eigenvalue weighted by atomic mass is 10.2. The highest BCUT2D eigenvalue weighted by Crippen LogP contribution is 2.28. The lowest BCUT2D eigenvalue weighted by Gasteiger charge is -2.14. The number of nitrogens with one attached hydrogen (secondary N) is 1. The Morgan fingerprint density at radius 2 is 2.21 bits per heavy atom. The normalized spacial score (nSPS) is 22.5. The van der Waals surface area contributed by atoms with Gasteiger partial charge >= 0.3 is 5.97 Å². The Labute approximate surface area is 116 Å². The van der Waals surface area contributed by atoms with Gasteiger partial charge in [0.15, 0.2) is 6.10 Å². The Kier molecular flexibility index (Phi) is 4.36. The van der Waals surface area contributed by atoms with E-state index < -0.39 is 23.7 Å². The molecule has 2 N–H and O–H groups in total. The van der Waals surface area contributed by atoms with Gasteiger partial charge in [0.25, 0.3) is 0 Å². The molecule has 1 aliphatic heterocycles.